The molecule has 0 aliphatic carbocycles. The number of hydrogen-bond donors (Lipinski definition) is 2. The van der Waals surface area contributed by atoms with Gasteiger partial charge in [-0.2, -0.15) is 0 Å². The summed E-state index contributed by atoms with van der Waals surface area (Å²) >= 11 is 0. The van der Waals surface area contributed by atoms with Gasteiger partial charge in [-0.15, -0.1) is 0 Å². The highest BCUT2D eigenvalue weighted by Crippen LogP contribution is 2.23. The summed E-state index contributed by atoms with van der Waals surface area (Å²) in [5, 5.41) is 0.758. The van der Waals surface area contributed by atoms with Gasteiger partial charge >= 0.3 is 0 Å². The number of pyridine rings is 1. The number of H-pyrrole nitrogens is 1. The van der Waals surface area contributed by atoms with Crippen LogP contribution in [0.3, 0.4) is 0 Å². The van der Waals surface area contributed by atoms with Crippen LogP contribution in [0.5, 0.6) is 0 Å². The minimum absolute atomic E-state index is 0.285. The molecular formula is C14H10FN3O. The minimum atomic E-state index is -0.551. The maximum Gasteiger partial charge on any atom is 0.265 e. The number of aromatic amines is 1. The highest BCUT2D eigenvalue weighted by atomic mass is 19.1. The second-order valence-electron chi connectivity index (χ2n) is 4.16. The summed E-state index contributed by atoms with van der Waals surface area (Å²) < 4.78 is 13.7. The fourth-order valence-electron chi connectivity index (χ4n) is 1.96. The first kappa shape index (κ1) is 11.4. The molecule has 0 radical (unpaired) electrons. The SMILES string of the molecule is NC(=O)c1cc2ccc(-c3ccccc3F)nc2[nH]1. The van der Waals surface area contributed by atoms with E-state index < -0.39 is 5.91 Å². The van der Waals surface area contributed by atoms with Crippen LogP contribution in [0.2, 0.25) is 0 Å². The van der Waals surface area contributed by atoms with Crippen molar-refractivity contribution in [3.63, 3.8) is 0 Å². The number of amides is 1. The fourth-order valence-corrected chi connectivity index (χ4v) is 1.96. The molecule has 0 fully saturated rings. The predicted octanol–water partition coefficient (Wildman–Crippen LogP) is 2.47. The molecule has 0 unspecified atom stereocenters. The van der Waals surface area contributed by atoms with Crippen molar-refractivity contribution < 1.29 is 9.18 Å². The van der Waals surface area contributed by atoms with E-state index in [-0.39, 0.29) is 11.5 Å². The third-order valence-electron chi connectivity index (χ3n) is 2.89. The standard InChI is InChI=1S/C14H10FN3O/c15-10-4-2-1-3-9(10)11-6-5-8-7-12(13(16)19)18-14(8)17-11/h1-7H,(H2,16,19)(H,17,18). The van der Waals surface area contributed by atoms with Crippen LogP contribution >= 0.6 is 0 Å². The fraction of sp³-hybridized carbons (Fsp3) is 0. The molecule has 0 atom stereocenters. The van der Waals surface area contributed by atoms with E-state index in [0.717, 1.165) is 5.39 Å². The van der Waals surface area contributed by atoms with Gasteiger partial charge in [-0.3, -0.25) is 4.79 Å². The zero-order chi connectivity index (χ0) is 13.4. The van der Waals surface area contributed by atoms with Gasteiger partial charge in [-0.05, 0) is 30.3 Å². The van der Waals surface area contributed by atoms with Crippen molar-refractivity contribution in [2.45, 2.75) is 0 Å². The Hall–Kier alpha value is -2.69. The van der Waals surface area contributed by atoms with Crippen LogP contribution in [0.25, 0.3) is 22.3 Å². The Morgan fingerprint density at radius 1 is 1.21 bits per heavy atom. The predicted molar refractivity (Wildman–Crippen MR) is 70.0 cm³/mol. The summed E-state index contributed by atoms with van der Waals surface area (Å²) in [6.45, 7) is 0. The zero-order valence-electron chi connectivity index (χ0n) is 9.85. The van der Waals surface area contributed by atoms with Crippen molar-refractivity contribution in [2.75, 3.05) is 0 Å². The van der Waals surface area contributed by atoms with Crippen LogP contribution in [-0.2, 0) is 0 Å². The normalized spacial score (nSPS) is 10.8. The quantitative estimate of drug-likeness (QED) is 0.738. The molecule has 0 aliphatic rings. The Balaban J connectivity index is 2.16. The summed E-state index contributed by atoms with van der Waals surface area (Å²) in [7, 11) is 0. The first-order chi connectivity index (χ1) is 9.15. The maximum atomic E-state index is 13.7. The Morgan fingerprint density at radius 3 is 2.74 bits per heavy atom. The van der Waals surface area contributed by atoms with Crippen molar-refractivity contribution in [1.29, 1.82) is 0 Å². The molecule has 5 heteroatoms. The van der Waals surface area contributed by atoms with Gasteiger partial charge in [0.25, 0.3) is 5.91 Å². The number of aromatic nitrogens is 2. The van der Waals surface area contributed by atoms with Crippen molar-refractivity contribution in [3.05, 3.63) is 54.0 Å². The molecule has 1 aromatic carbocycles. The van der Waals surface area contributed by atoms with Crippen LogP contribution in [0.15, 0.2) is 42.5 Å². The van der Waals surface area contributed by atoms with Gasteiger partial charge in [0.15, 0.2) is 0 Å². The number of halogens is 1. The van der Waals surface area contributed by atoms with Gasteiger partial charge in [-0.25, -0.2) is 9.37 Å². The Morgan fingerprint density at radius 2 is 2.00 bits per heavy atom. The van der Waals surface area contributed by atoms with Crippen molar-refractivity contribution >= 4 is 16.9 Å². The van der Waals surface area contributed by atoms with E-state index in [0.29, 0.717) is 16.9 Å². The summed E-state index contributed by atoms with van der Waals surface area (Å²) in [4.78, 5) is 18.2. The lowest BCUT2D eigenvalue weighted by molar-refractivity contribution is 0.0996. The van der Waals surface area contributed by atoms with Crippen molar-refractivity contribution in [3.8, 4) is 11.3 Å². The smallest absolute Gasteiger partial charge is 0.265 e. The molecule has 4 nitrogen and oxygen atoms in total. The number of nitrogens with one attached hydrogen (secondary N) is 1. The van der Waals surface area contributed by atoms with E-state index in [2.05, 4.69) is 9.97 Å². The largest absolute Gasteiger partial charge is 0.364 e. The molecule has 1 amide bonds. The number of hydrogen-bond acceptors (Lipinski definition) is 2. The molecular weight excluding hydrogens is 245 g/mol. The van der Waals surface area contributed by atoms with E-state index in [1.807, 2.05) is 0 Å². The first-order valence-electron chi connectivity index (χ1n) is 5.69. The molecule has 94 valence electrons. The summed E-state index contributed by atoms with van der Waals surface area (Å²) in [5.41, 5.74) is 6.91. The van der Waals surface area contributed by atoms with Crippen LogP contribution in [0, 0.1) is 5.82 Å². The number of fused-ring (bicyclic) bond motifs is 1. The maximum absolute atomic E-state index is 13.7. The second kappa shape index (κ2) is 4.20. The lowest BCUT2D eigenvalue weighted by atomic mass is 10.1. The number of carbonyl (C=O) groups excluding carboxylic acids is 1. The Kier molecular flexibility index (Phi) is 2.52. The average Bonchev–Trinajstić information content (AvgIpc) is 2.82. The zero-order valence-corrected chi connectivity index (χ0v) is 9.85. The third-order valence-corrected chi connectivity index (χ3v) is 2.89. The number of benzene rings is 1. The lowest BCUT2D eigenvalue weighted by Crippen LogP contribution is -2.10. The molecule has 0 bridgehead atoms. The number of carbonyl (C=O) groups is 1. The van der Waals surface area contributed by atoms with E-state index in [1.165, 1.54) is 6.07 Å². The van der Waals surface area contributed by atoms with E-state index in [4.69, 9.17) is 5.73 Å². The van der Waals surface area contributed by atoms with E-state index in [1.54, 1.807) is 36.4 Å². The van der Waals surface area contributed by atoms with Crippen LogP contribution in [-0.4, -0.2) is 15.9 Å². The first-order valence-corrected chi connectivity index (χ1v) is 5.69. The number of nitrogens with zero attached hydrogens (tertiary/aromatic N) is 1. The average molecular weight is 255 g/mol. The molecule has 3 aromatic rings. The molecule has 0 saturated heterocycles. The summed E-state index contributed by atoms with van der Waals surface area (Å²) in [6, 6.07) is 11.5. The van der Waals surface area contributed by atoms with Gasteiger partial charge in [0.2, 0.25) is 0 Å². The van der Waals surface area contributed by atoms with Gasteiger partial charge in [0.1, 0.15) is 17.2 Å². The Labute approximate surface area is 108 Å². The number of primary amides is 1. The molecule has 3 N–H and O–H groups in total. The van der Waals surface area contributed by atoms with Gasteiger partial charge in [0, 0.05) is 10.9 Å². The number of nitrogens with two attached hydrogens (primary N) is 1. The monoisotopic (exact) mass is 255 g/mol. The topological polar surface area (TPSA) is 71.8 Å². The number of rotatable bonds is 2. The van der Waals surface area contributed by atoms with Crippen molar-refractivity contribution in [2.24, 2.45) is 5.73 Å². The lowest BCUT2D eigenvalue weighted by Gasteiger charge is -2.02. The summed E-state index contributed by atoms with van der Waals surface area (Å²) in [5.74, 6) is -0.888. The van der Waals surface area contributed by atoms with Crippen LogP contribution in [0.4, 0.5) is 4.39 Å². The molecule has 0 spiro atoms. The highest BCUT2D eigenvalue weighted by Gasteiger charge is 2.10. The summed E-state index contributed by atoms with van der Waals surface area (Å²) in [6.07, 6.45) is 0. The van der Waals surface area contributed by atoms with Gasteiger partial charge in [0.05, 0.1) is 5.69 Å². The molecule has 3 rings (SSSR count). The van der Waals surface area contributed by atoms with Crippen molar-refractivity contribution in [1.82, 2.24) is 9.97 Å². The van der Waals surface area contributed by atoms with Crippen LogP contribution < -0.4 is 5.73 Å². The van der Waals surface area contributed by atoms with E-state index in [9.17, 15) is 9.18 Å². The molecule has 2 aromatic heterocycles. The van der Waals surface area contributed by atoms with E-state index >= 15 is 0 Å². The third kappa shape index (κ3) is 1.95. The van der Waals surface area contributed by atoms with Gasteiger partial charge in [-0.1, -0.05) is 12.1 Å². The highest BCUT2D eigenvalue weighted by molar-refractivity contribution is 5.96. The van der Waals surface area contributed by atoms with Gasteiger partial charge < -0.3 is 10.7 Å². The molecule has 0 aliphatic heterocycles. The molecule has 0 saturated carbocycles. The minimum Gasteiger partial charge on any atom is -0.364 e. The molecule has 2 heterocycles. The molecule has 19 heavy (non-hydrogen) atoms. The Bertz CT molecular complexity index is 779. The van der Waals surface area contributed by atoms with Crippen LogP contribution in [0.1, 0.15) is 10.5 Å². The second-order valence-corrected chi connectivity index (χ2v) is 4.16.